The van der Waals surface area contributed by atoms with Gasteiger partial charge in [-0.1, -0.05) is 12.8 Å². The smallest absolute Gasteiger partial charge is 0.248 e. The number of hydrogen-bond acceptors (Lipinski definition) is 6. The molecule has 1 aliphatic heterocycles. The topological polar surface area (TPSA) is 68.5 Å². The molecule has 24 heavy (non-hydrogen) atoms. The SMILES string of the molecule is O=C(CCc1nnc(-c2ccsc2)o1)N1CCO[C@H]2CCCC[C@H]21. The molecule has 1 aliphatic carbocycles. The fourth-order valence-corrected chi connectivity index (χ4v) is 4.25. The van der Waals surface area contributed by atoms with Crippen LogP contribution in [0.1, 0.15) is 38.0 Å². The summed E-state index contributed by atoms with van der Waals surface area (Å²) >= 11 is 1.59. The number of thiophene rings is 1. The summed E-state index contributed by atoms with van der Waals surface area (Å²) in [6.45, 7) is 1.35. The van der Waals surface area contributed by atoms with Crippen molar-refractivity contribution in [2.24, 2.45) is 0 Å². The molecule has 1 saturated heterocycles. The van der Waals surface area contributed by atoms with E-state index in [0.29, 0.717) is 37.8 Å². The molecule has 2 aromatic rings. The van der Waals surface area contributed by atoms with E-state index in [0.717, 1.165) is 18.4 Å². The first-order chi connectivity index (χ1) is 11.8. The highest BCUT2D eigenvalue weighted by molar-refractivity contribution is 7.08. The van der Waals surface area contributed by atoms with Gasteiger partial charge in [-0.25, -0.2) is 0 Å². The molecule has 0 unspecified atom stereocenters. The fourth-order valence-electron chi connectivity index (χ4n) is 3.62. The molecule has 2 aromatic heterocycles. The van der Waals surface area contributed by atoms with Gasteiger partial charge in [0, 0.05) is 30.3 Å². The number of aromatic nitrogens is 2. The van der Waals surface area contributed by atoms with Gasteiger partial charge in [0.1, 0.15) is 0 Å². The minimum atomic E-state index is 0.172. The van der Waals surface area contributed by atoms with Crippen LogP contribution in [0.5, 0.6) is 0 Å². The summed E-state index contributed by atoms with van der Waals surface area (Å²) in [5, 5.41) is 12.1. The summed E-state index contributed by atoms with van der Waals surface area (Å²) < 4.78 is 11.5. The summed E-state index contributed by atoms with van der Waals surface area (Å²) in [6, 6.07) is 2.20. The number of aryl methyl sites for hydroxylation is 1. The predicted molar refractivity (Wildman–Crippen MR) is 89.6 cm³/mol. The van der Waals surface area contributed by atoms with Crippen LogP contribution >= 0.6 is 11.3 Å². The van der Waals surface area contributed by atoms with Crippen molar-refractivity contribution in [2.45, 2.75) is 50.7 Å². The molecule has 2 aliphatic rings. The summed E-state index contributed by atoms with van der Waals surface area (Å²) in [5.74, 6) is 1.22. The highest BCUT2D eigenvalue weighted by Gasteiger charge is 2.36. The van der Waals surface area contributed by atoms with Crippen LogP contribution in [0.25, 0.3) is 11.5 Å². The minimum absolute atomic E-state index is 0.172. The van der Waals surface area contributed by atoms with Crippen molar-refractivity contribution in [2.75, 3.05) is 13.2 Å². The summed E-state index contributed by atoms with van der Waals surface area (Å²) in [4.78, 5) is 14.7. The van der Waals surface area contributed by atoms with E-state index in [1.165, 1.54) is 12.8 Å². The first-order valence-corrected chi connectivity index (χ1v) is 9.51. The lowest BCUT2D eigenvalue weighted by Crippen LogP contribution is -2.54. The standard InChI is InChI=1S/C17H21N3O3S/c21-16(20-8-9-22-14-4-2-1-3-13(14)20)6-5-15-18-19-17(23-15)12-7-10-24-11-12/h7,10-11,13-14H,1-6,8-9H2/t13-,14+/m1/s1. The molecular weight excluding hydrogens is 326 g/mol. The van der Waals surface area contributed by atoms with Gasteiger partial charge in [0.2, 0.25) is 17.7 Å². The lowest BCUT2D eigenvalue weighted by atomic mass is 9.90. The quantitative estimate of drug-likeness (QED) is 0.851. The van der Waals surface area contributed by atoms with Crippen LogP contribution in [0.4, 0.5) is 0 Å². The maximum Gasteiger partial charge on any atom is 0.248 e. The molecule has 7 heteroatoms. The Morgan fingerprint density at radius 2 is 2.25 bits per heavy atom. The molecular formula is C17H21N3O3S. The zero-order valence-electron chi connectivity index (χ0n) is 13.5. The predicted octanol–water partition coefficient (Wildman–Crippen LogP) is 2.90. The summed E-state index contributed by atoms with van der Waals surface area (Å²) in [6.07, 6.45) is 5.64. The Kier molecular flexibility index (Phi) is 4.62. The van der Waals surface area contributed by atoms with E-state index in [1.807, 2.05) is 21.7 Å². The molecule has 0 bridgehead atoms. The summed E-state index contributed by atoms with van der Waals surface area (Å²) in [7, 11) is 0. The van der Waals surface area contributed by atoms with Crippen LogP contribution in [0.2, 0.25) is 0 Å². The Bertz CT molecular complexity index is 683. The number of carbonyl (C=O) groups excluding carboxylic acids is 1. The molecule has 2 fully saturated rings. The third kappa shape index (κ3) is 3.23. The van der Waals surface area contributed by atoms with Gasteiger partial charge in [-0.05, 0) is 24.3 Å². The van der Waals surface area contributed by atoms with Crippen LogP contribution in [0.3, 0.4) is 0 Å². The normalized spacial score (nSPS) is 23.9. The molecule has 0 spiro atoms. The van der Waals surface area contributed by atoms with E-state index >= 15 is 0 Å². The fraction of sp³-hybridized carbons (Fsp3) is 0.588. The van der Waals surface area contributed by atoms with Crippen LogP contribution in [-0.2, 0) is 16.0 Å². The van der Waals surface area contributed by atoms with E-state index in [-0.39, 0.29) is 18.1 Å². The number of nitrogens with zero attached hydrogens (tertiary/aromatic N) is 3. The Morgan fingerprint density at radius 1 is 1.33 bits per heavy atom. The van der Waals surface area contributed by atoms with Gasteiger partial charge in [-0.15, -0.1) is 10.2 Å². The molecule has 1 saturated carbocycles. The number of fused-ring (bicyclic) bond motifs is 1. The molecule has 1 amide bonds. The summed E-state index contributed by atoms with van der Waals surface area (Å²) in [5.41, 5.74) is 0.934. The van der Waals surface area contributed by atoms with Crippen molar-refractivity contribution in [1.29, 1.82) is 0 Å². The van der Waals surface area contributed by atoms with Crippen molar-refractivity contribution < 1.29 is 13.9 Å². The second kappa shape index (κ2) is 7.03. The number of rotatable bonds is 4. The largest absolute Gasteiger partial charge is 0.421 e. The van der Waals surface area contributed by atoms with Gasteiger partial charge < -0.3 is 14.1 Å². The lowest BCUT2D eigenvalue weighted by molar-refractivity contribution is -0.149. The minimum Gasteiger partial charge on any atom is -0.421 e. The van der Waals surface area contributed by atoms with Gasteiger partial charge in [0.15, 0.2) is 0 Å². The van der Waals surface area contributed by atoms with Gasteiger partial charge >= 0.3 is 0 Å². The van der Waals surface area contributed by atoms with Gasteiger partial charge in [-0.3, -0.25) is 4.79 Å². The van der Waals surface area contributed by atoms with Gasteiger partial charge in [-0.2, -0.15) is 11.3 Å². The third-order valence-corrected chi connectivity index (χ3v) is 5.52. The number of morpholine rings is 1. The second-order valence-electron chi connectivity index (χ2n) is 6.36. The van der Waals surface area contributed by atoms with Crippen LogP contribution in [0, 0.1) is 0 Å². The first-order valence-electron chi connectivity index (χ1n) is 8.57. The molecule has 128 valence electrons. The van der Waals surface area contributed by atoms with Crippen LogP contribution < -0.4 is 0 Å². The Morgan fingerprint density at radius 3 is 3.12 bits per heavy atom. The number of ether oxygens (including phenoxy) is 1. The molecule has 0 aromatic carbocycles. The van der Waals surface area contributed by atoms with Crippen molar-refractivity contribution in [3.8, 4) is 11.5 Å². The highest BCUT2D eigenvalue weighted by atomic mass is 32.1. The van der Waals surface area contributed by atoms with Crippen LogP contribution in [0.15, 0.2) is 21.2 Å². The molecule has 0 N–H and O–H groups in total. The maximum atomic E-state index is 12.6. The average Bonchev–Trinajstić information content (AvgIpc) is 3.30. The van der Waals surface area contributed by atoms with E-state index in [2.05, 4.69) is 10.2 Å². The van der Waals surface area contributed by atoms with Crippen molar-refractivity contribution in [3.05, 3.63) is 22.7 Å². The highest BCUT2D eigenvalue weighted by Crippen LogP contribution is 2.29. The molecule has 3 heterocycles. The van der Waals surface area contributed by atoms with Crippen molar-refractivity contribution >= 4 is 17.2 Å². The molecule has 2 atom stereocenters. The number of hydrogen-bond donors (Lipinski definition) is 0. The first kappa shape index (κ1) is 15.8. The second-order valence-corrected chi connectivity index (χ2v) is 7.14. The van der Waals surface area contributed by atoms with E-state index in [1.54, 1.807) is 11.3 Å². The number of carbonyl (C=O) groups is 1. The monoisotopic (exact) mass is 347 g/mol. The van der Waals surface area contributed by atoms with E-state index < -0.39 is 0 Å². The Labute approximate surface area is 144 Å². The lowest BCUT2D eigenvalue weighted by Gasteiger charge is -2.43. The maximum absolute atomic E-state index is 12.6. The molecule has 6 nitrogen and oxygen atoms in total. The van der Waals surface area contributed by atoms with E-state index in [4.69, 9.17) is 9.15 Å². The number of amides is 1. The van der Waals surface area contributed by atoms with Crippen molar-refractivity contribution in [1.82, 2.24) is 15.1 Å². The van der Waals surface area contributed by atoms with E-state index in [9.17, 15) is 4.79 Å². The Balaban J connectivity index is 1.36. The van der Waals surface area contributed by atoms with Crippen LogP contribution in [-0.4, -0.2) is 46.3 Å². The zero-order valence-corrected chi connectivity index (χ0v) is 14.3. The zero-order chi connectivity index (χ0) is 16.4. The van der Waals surface area contributed by atoms with Gasteiger partial charge in [0.25, 0.3) is 0 Å². The van der Waals surface area contributed by atoms with Crippen molar-refractivity contribution in [3.63, 3.8) is 0 Å². The molecule has 4 rings (SSSR count). The third-order valence-electron chi connectivity index (χ3n) is 4.84. The Hall–Kier alpha value is -1.73. The average molecular weight is 347 g/mol. The van der Waals surface area contributed by atoms with Gasteiger partial charge in [0.05, 0.1) is 18.8 Å². The molecule has 0 radical (unpaired) electrons.